The molecule has 21 heavy (non-hydrogen) atoms. The van der Waals surface area contributed by atoms with E-state index in [4.69, 9.17) is 10.5 Å². The quantitative estimate of drug-likeness (QED) is 0.669. The Morgan fingerprint density at radius 1 is 1.14 bits per heavy atom. The molecular weight excluding hydrogens is 275 g/mol. The van der Waals surface area contributed by atoms with Crippen LogP contribution in [0.25, 0.3) is 0 Å². The number of methoxy groups -OCH3 is 2. The van der Waals surface area contributed by atoms with Crippen molar-refractivity contribution in [2.45, 2.75) is 0 Å². The van der Waals surface area contributed by atoms with Crippen LogP contribution in [0.3, 0.4) is 0 Å². The fourth-order valence-electron chi connectivity index (χ4n) is 1.83. The fraction of sp³-hybridized carbons (Fsp3) is 0.133. The summed E-state index contributed by atoms with van der Waals surface area (Å²) in [6.45, 7) is 0. The molecule has 0 aromatic heterocycles. The number of nitrogens with two attached hydrogens (primary N) is 1. The fourth-order valence-corrected chi connectivity index (χ4v) is 1.83. The second kappa shape index (κ2) is 6.13. The molecule has 0 saturated carbocycles. The number of nitrogens with one attached hydrogen (secondary N) is 1. The summed E-state index contributed by atoms with van der Waals surface area (Å²) in [7, 11) is 2.68. The third-order valence-electron chi connectivity index (χ3n) is 2.90. The van der Waals surface area contributed by atoms with Crippen molar-refractivity contribution in [3.05, 3.63) is 47.8 Å². The van der Waals surface area contributed by atoms with Crippen molar-refractivity contribution in [3.8, 4) is 5.75 Å². The van der Waals surface area contributed by atoms with E-state index in [-0.39, 0.29) is 11.3 Å². The first-order valence-electron chi connectivity index (χ1n) is 6.13. The SMILES string of the molecule is COC(=O)c1cc(Nc2ccc(OC)c(F)c2)ccc1N. The van der Waals surface area contributed by atoms with Gasteiger partial charge >= 0.3 is 5.97 Å². The van der Waals surface area contributed by atoms with E-state index in [0.717, 1.165) is 0 Å². The first-order chi connectivity index (χ1) is 10.0. The molecule has 110 valence electrons. The average Bonchev–Trinajstić information content (AvgIpc) is 2.48. The summed E-state index contributed by atoms with van der Waals surface area (Å²) in [5.74, 6) is -0.851. The molecule has 0 fully saturated rings. The Bertz CT molecular complexity index is 674. The van der Waals surface area contributed by atoms with E-state index < -0.39 is 11.8 Å². The van der Waals surface area contributed by atoms with Crippen LogP contribution in [0.5, 0.6) is 5.75 Å². The zero-order chi connectivity index (χ0) is 15.4. The molecule has 0 aliphatic rings. The van der Waals surface area contributed by atoms with Crippen LogP contribution in [-0.4, -0.2) is 20.2 Å². The van der Waals surface area contributed by atoms with Crippen LogP contribution < -0.4 is 15.8 Å². The summed E-state index contributed by atoms with van der Waals surface area (Å²) in [5.41, 5.74) is 7.39. The van der Waals surface area contributed by atoms with Crippen molar-refractivity contribution in [3.63, 3.8) is 0 Å². The number of anilines is 3. The highest BCUT2D eigenvalue weighted by atomic mass is 19.1. The van der Waals surface area contributed by atoms with E-state index in [1.54, 1.807) is 24.3 Å². The van der Waals surface area contributed by atoms with Gasteiger partial charge in [-0.15, -0.1) is 0 Å². The molecule has 2 rings (SSSR count). The van der Waals surface area contributed by atoms with E-state index >= 15 is 0 Å². The molecule has 0 unspecified atom stereocenters. The lowest BCUT2D eigenvalue weighted by Crippen LogP contribution is -2.06. The molecule has 0 atom stereocenters. The van der Waals surface area contributed by atoms with Crippen LogP contribution in [0.4, 0.5) is 21.5 Å². The van der Waals surface area contributed by atoms with Crippen LogP contribution in [0.2, 0.25) is 0 Å². The predicted octanol–water partition coefficient (Wildman–Crippen LogP) is 2.95. The Hall–Kier alpha value is -2.76. The number of rotatable bonds is 4. The molecule has 2 aromatic rings. The molecule has 5 nitrogen and oxygen atoms in total. The molecule has 0 saturated heterocycles. The van der Waals surface area contributed by atoms with Gasteiger partial charge in [-0.2, -0.15) is 0 Å². The van der Waals surface area contributed by atoms with Crippen molar-refractivity contribution >= 4 is 23.0 Å². The number of benzene rings is 2. The van der Waals surface area contributed by atoms with Gasteiger partial charge in [-0.25, -0.2) is 9.18 Å². The van der Waals surface area contributed by atoms with Gasteiger partial charge in [-0.1, -0.05) is 0 Å². The summed E-state index contributed by atoms with van der Waals surface area (Å²) in [6.07, 6.45) is 0. The lowest BCUT2D eigenvalue weighted by Gasteiger charge is -2.10. The number of ether oxygens (including phenoxy) is 2. The highest BCUT2D eigenvalue weighted by Gasteiger charge is 2.11. The normalized spacial score (nSPS) is 10.0. The minimum Gasteiger partial charge on any atom is -0.494 e. The second-order valence-electron chi connectivity index (χ2n) is 4.27. The van der Waals surface area contributed by atoms with E-state index in [1.807, 2.05) is 0 Å². The average molecular weight is 290 g/mol. The maximum atomic E-state index is 13.6. The molecule has 0 radical (unpaired) electrons. The van der Waals surface area contributed by atoms with E-state index in [2.05, 4.69) is 10.1 Å². The number of carbonyl (C=O) groups is 1. The Morgan fingerprint density at radius 2 is 1.81 bits per heavy atom. The van der Waals surface area contributed by atoms with Crippen LogP contribution >= 0.6 is 0 Å². The second-order valence-corrected chi connectivity index (χ2v) is 4.27. The van der Waals surface area contributed by atoms with Gasteiger partial charge in [0.2, 0.25) is 0 Å². The number of hydrogen-bond acceptors (Lipinski definition) is 5. The van der Waals surface area contributed by atoms with Crippen molar-refractivity contribution in [1.82, 2.24) is 0 Å². The van der Waals surface area contributed by atoms with Gasteiger partial charge in [0.25, 0.3) is 0 Å². The molecule has 0 bridgehead atoms. The maximum absolute atomic E-state index is 13.6. The molecule has 6 heteroatoms. The topological polar surface area (TPSA) is 73.6 Å². The number of carbonyl (C=O) groups excluding carboxylic acids is 1. The largest absolute Gasteiger partial charge is 0.494 e. The van der Waals surface area contributed by atoms with Gasteiger partial charge in [-0.05, 0) is 30.3 Å². The summed E-state index contributed by atoms with van der Waals surface area (Å²) < 4.78 is 23.1. The van der Waals surface area contributed by atoms with E-state index in [9.17, 15) is 9.18 Å². The number of esters is 1. The van der Waals surface area contributed by atoms with Crippen LogP contribution in [0, 0.1) is 5.82 Å². The van der Waals surface area contributed by atoms with Gasteiger partial charge in [0, 0.05) is 23.1 Å². The van der Waals surface area contributed by atoms with Gasteiger partial charge in [0.05, 0.1) is 19.8 Å². The van der Waals surface area contributed by atoms with E-state index in [1.165, 1.54) is 26.4 Å². The highest BCUT2D eigenvalue weighted by molar-refractivity contribution is 5.96. The summed E-state index contributed by atoms with van der Waals surface area (Å²) in [6, 6.07) is 9.28. The molecule has 0 aliphatic carbocycles. The summed E-state index contributed by atoms with van der Waals surface area (Å²) >= 11 is 0. The Balaban J connectivity index is 2.27. The smallest absolute Gasteiger partial charge is 0.340 e. The first-order valence-corrected chi connectivity index (χ1v) is 6.13. The van der Waals surface area contributed by atoms with Crippen LogP contribution in [-0.2, 0) is 4.74 Å². The molecule has 0 spiro atoms. The third-order valence-corrected chi connectivity index (χ3v) is 2.90. The Kier molecular flexibility index (Phi) is 4.27. The minimum atomic E-state index is -0.530. The Labute approximate surface area is 121 Å². The molecule has 3 N–H and O–H groups in total. The zero-order valence-corrected chi connectivity index (χ0v) is 11.6. The van der Waals surface area contributed by atoms with Crippen molar-refractivity contribution < 1.29 is 18.7 Å². The lowest BCUT2D eigenvalue weighted by atomic mass is 10.1. The Morgan fingerprint density at radius 3 is 2.43 bits per heavy atom. The molecule has 0 aliphatic heterocycles. The number of nitrogen functional groups attached to an aromatic ring is 1. The van der Waals surface area contributed by atoms with Crippen molar-refractivity contribution in [2.24, 2.45) is 0 Å². The monoisotopic (exact) mass is 290 g/mol. The van der Waals surface area contributed by atoms with Gasteiger partial charge in [0.15, 0.2) is 11.6 Å². The summed E-state index contributed by atoms with van der Waals surface area (Å²) in [4.78, 5) is 11.6. The number of halogens is 1. The van der Waals surface area contributed by atoms with Crippen LogP contribution in [0.1, 0.15) is 10.4 Å². The minimum absolute atomic E-state index is 0.160. The summed E-state index contributed by atoms with van der Waals surface area (Å²) in [5, 5.41) is 2.98. The third kappa shape index (κ3) is 3.22. The molecular formula is C15H15FN2O3. The van der Waals surface area contributed by atoms with Gasteiger partial charge in [0.1, 0.15) is 0 Å². The molecule has 0 amide bonds. The van der Waals surface area contributed by atoms with E-state index in [0.29, 0.717) is 17.1 Å². The van der Waals surface area contributed by atoms with Crippen LogP contribution in [0.15, 0.2) is 36.4 Å². The highest BCUT2D eigenvalue weighted by Crippen LogP contribution is 2.25. The molecule has 0 heterocycles. The van der Waals surface area contributed by atoms with Crippen molar-refractivity contribution in [2.75, 3.05) is 25.3 Å². The zero-order valence-electron chi connectivity index (χ0n) is 11.6. The predicted molar refractivity (Wildman–Crippen MR) is 78.4 cm³/mol. The first kappa shape index (κ1) is 14.6. The standard InChI is InChI=1S/C15H15FN2O3/c1-20-14-6-4-10(8-12(14)16)18-9-3-5-13(17)11(7-9)15(19)21-2/h3-8,18H,17H2,1-2H3. The number of hydrogen-bond donors (Lipinski definition) is 2. The molecule has 2 aromatic carbocycles. The van der Waals surface area contributed by atoms with Gasteiger partial charge < -0.3 is 20.5 Å². The van der Waals surface area contributed by atoms with Crippen molar-refractivity contribution in [1.29, 1.82) is 0 Å². The van der Waals surface area contributed by atoms with Gasteiger partial charge in [-0.3, -0.25) is 0 Å². The lowest BCUT2D eigenvalue weighted by molar-refractivity contribution is 0.0602. The maximum Gasteiger partial charge on any atom is 0.340 e.